The third kappa shape index (κ3) is 1.92. The lowest BCUT2D eigenvalue weighted by atomic mass is 10.0. The number of carbonyl (C=O) groups is 1. The minimum absolute atomic E-state index is 0.0684. The molecule has 0 bridgehead atoms. The summed E-state index contributed by atoms with van der Waals surface area (Å²) in [5.74, 6) is 0.0684. The molecule has 16 heavy (non-hydrogen) atoms. The average Bonchev–Trinajstić information content (AvgIpc) is 2.67. The SMILES string of the molecule is CN1CCc2cc(C(=O)CCC#N)ccc21. The van der Waals surface area contributed by atoms with Crippen molar-refractivity contribution in [3.05, 3.63) is 29.3 Å². The number of hydrogen-bond donors (Lipinski definition) is 0. The van der Waals surface area contributed by atoms with E-state index in [1.165, 1.54) is 11.3 Å². The van der Waals surface area contributed by atoms with Gasteiger partial charge in [0.1, 0.15) is 0 Å². The Bertz CT molecular complexity index is 459. The maximum Gasteiger partial charge on any atom is 0.163 e. The largest absolute Gasteiger partial charge is 0.374 e. The molecule has 0 spiro atoms. The Morgan fingerprint density at radius 3 is 3.12 bits per heavy atom. The normalized spacial score (nSPS) is 13.4. The molecular formula is C13H14N2O. The molecule has 1 aliphatic rings. The van der Waals surface area contributed by atoms with Crippen LogP contribution in [-0.4, -0.2) is 19.4 Å². The topological polar surface area (TPSA) is 44.1 Å². The van der Waals surface area contributed by atoms with Gasteiger partial charge in [0.25, 0.3) is 0 Å². The summed E-state index contributed by atoms with van der Waals surface area (Å²) < 4.78 is 0. The van der Waals surface area contributed by atoms with Crippen LogP contribution in [0.3, 0.4) is 0 Å². The predicted molar refractivity (Wildman–Crippen MR) is 62.6 cm³/mol. The molecule has 1 aromatic rings. The number of nitrogens with zero attached hydrogens (tertiary/aromatic N) is 2. The van der Waals surface area contributed by atoms with Crippen LogP contribution in [-0.2, 0) is 6.42 Å². The van der Waals surface area contributed by atoms with Gasteiger partial charge in [0, 0.05) is 37.7 Å². The van der Waals surface area contributed by atoms with E-state index < -0.39 is 0 Å². The van der Waals surface area contributed by atoms with Gasteiger partial charge in [0.05, 0.1) is 6.07 Å². The lowest BCUT2D eigenvalue weighted by Crippen LogP contribution is -2.12. The van der Waals surface area contributed by atoms with Crippen LogP contribution in [0.25, 0.3) is 0 Å². The van der Waals surface area contributed by atoms with Gasteiger partial charge in [-0.2, -0.15) is 5.26 Å². The van der Waals surface area contributed by atoms with Crippen LogP contribution < -0.4 is 4.90 Å². The molecule has 82 valence electrons. The Balaban J connectivity index is 2.19. The highest BCUT2D eigenvalue weighted by Gasteiger charge is 2.17. The number of ketones is 1. The van der Waals surface area contributed by atoms with E-state index in [0.717, 1.165) is 18.5 Å². The fourth-order valence-electron chi connectivity index (χ4n) is 2.05. The molecule has 0 fully saturated rings. The molecule has 0 radical (unpaired) electrons. The van der Waals surface area contributed by atoms with Crippen LogP contribution in [0.1, 0.15) is 28.8 Å². The number of anilines is 1. The first kappa shape index (κ1) is 10.7. The lowest BCUT2D eigenvalue weighted by Gasteiger charge is -2.11. The molecular weight excluding hydrogens is 200 g/mol. The number of likely N-dealkylation sites (N-methyl/N-ethyl adjacent to an activating group) is 1. The zero-order valence-electron chi connectivity index (χ0n) is 9.36. The van der Waals surface area contributed by atoms with Gasteiger partial charge in [-0.25, -0.2) is 0 Å². The minimum Gasteiger partial charge on any atom is -0.374 e. The molecule has 0 atom stereocenters. The van der Waals surface area contributed by atoms with Crippen LogP contribution in [0.5, 0.6) is 0 Å². The second kappa shape index (κ2) is 4.36. The second-order valence-electron chi connectivity index (χ2n) is 4.10. The molecule has 0 aromatic heterocycles. The zero-order valence-corrected chi connectivity index (χ0v) is 9.36. The van der Waals surface area contributed by atoms with Crippen molar-refractivity contribution in [1.29, 1.82) is 5.26 Å². The molecule has 1 aliphatic heterocycles. The number of hydrogen-bond acceptors (Lipinski definition) is 3. The van der Waals surface area contributed by atoms with E-state index in [4.69, 9.17) is 5.26 Å². The molecule has 1 heterocycles. The fourth-order valence-corrected chi connectivity index (χ4v) is 2.05. The van der Waals surface area contributed by atoms with Crippen molar-refractivity contribution in [2.75, 3.05) is 18.5 Å². The molecule has 1 aromatic carbocycles. The first-order chi connectivity index (χ1) is 7.72. The van der Waals surface area contributed by atoms with Crippen LogP contribution >= 0.6 is 0 Å². The molecule has 0 saturated carbocycles. The zero-order chi connectivity index (χ0) is 11.5. The summed E-state index contributed by atoms with van der Waals surface area (Å²) in [4.78, 5) is 13.9. The Kier molecular flexibility index (Phi) is 2.91. The monoisotopic (exact) mass is 214 g/mol. The van der Waals surface area contributed by atoms with Gasteiger partial charge in [-0.15, -0.1) is 0 Å². The standard InChI is InChI=1S/C13H14N2O/c1-15-8-6-10-9-11(4-5-12(10)15)13(16)3-2-7-14/h4-5,9H,2-3,6,8H2,1H3. The number of Topliss-reactive ketones (excluding diaryl/α,β-unsaturated/α-hetero) is 1. The maximum atomic E-state index is 11.7. The van der Waals surface area contributed by atoms with Gasteiger partial charge in [-0.05, 0) is 30.2 Å². The van der Waals surface area contributed by atoms with Gasteiger partial charge in [-0.1, -0.05) is 0 Å². The van der Waals surface area contributed by atoms with Crippen molar-refractivity contribution in [3.63, 3.8) is 0 Å². The van der Waals surface area contributed by atoms with Gasteiger partial charge in [-0.3, -0.25) is 4.79 Å². The third-order valence-electron chi connectivity index (χ3n) is 2.99. The van der Waals surface area contributed by atoms with Crippen molar-refractivity contribution >= 4 is 11.5 Å². The summed E-state index contributed by atoms with van der Waals surface area (Å²) in [7, 11) is 2.06. The van der Waals surface area contributed by atoms with Crippen LogP contribution in [0, 0.1) is 11.3 Å². The summed E-state index contributed by atoms with van der Waals surface area (Å²) >= 11 is 0. The molecule has 3 heteroatoms. The van der Waals surface area contributed by atoms with Gasteiger partial charge < -0.3 is 4.90 Å². The highest BCUT2D eigenvalue weighted by Crippen LogP contribution is 2.27. The number of nitriles is 1. The summed E-state index contributed by atoms with van der Waals surface area (Å²) in [6, 6.07) is 7.83. The first-order valence-electron chi connectivity index (χ1n) is 5.46. The van der Waals surface area contributed by atoms with Crippen molar-refractivity contribution in [1.82, 2.24) is 0 Å². The Morgan fingerprint density at radius 2 is 2.38 bits per heavy atom. The molecule has 0 amide bonds. The summed E-state index contributed by atoms with van der Waals surface area (Å²) in [6.45, 7) is 1.02. The number of fused-ring (bicyclic) bond motifs is 1. The Hall–Kier alpha value is -1.82. The van der Waals surface area contributed by atoms with Gasteiger partial charge in [0.2, 0.25) is 0 Å². The molecule has 2 rings (SSSR count). The van der Waals surface area contributed by atoms with Crippen LogP contribution in [0.15, 0.2) is 18.2 Å². The van der Waals surface area contributed by atoms with Crippen molar-refractivity contribution in [2.24, 2.45) is 0 Å². The van der Waals surface area contributed by atoms with E-state index >= 15 is 0 Å². The predicted octanol–water partition coefficient (Wildman–Crippen LogP) is 2.17. The van der Waals surface area contributed by atoms with Gasteiger partial charge in [0.15, 0.2) is 5.78 Å². The van der Waals surface area contributed by atoms with Crippen molar-refractivity contribution in [2.45, 2.75) is 19.3 Å². The second-order valence-corrected chi connectivity index (χ2v) is 4.10. The Morgan fingerprint density at radius 1 is 1.56 bits per heavy atom. The maximum absolute atomic E-state index is 11.7. The van der Waals surface area contributed by atoms with Crippen LogP contribution in [0.2, 0.25) is 0 Å². The average molecular weight is 214 g/mol. The van der Waals surface area contributed by atoms with Crippen molar-refractivity contribution < 1.29 is 4.79 Å². The molecule has 0 N–H and O–H groups in total. The molecule has 0 unspecified atom stereocenters. The quantitative estimate of drug-likeness (QED) is 0.724. The molecule has 0 saturated heterocycles. The summed E-state index contributed by atoms with van der Waals surface area (Å²) in [5, 5.41) is 8.44. The van der Waals surface area contributed by atoms with Crippen molar-refractivity contribution in [3.8, 4) is 6.07 Å². The highest BCUT2D eigenvalue weighted by atomic mass is 16.1. The first-order valence-corrected chi connectivity index (χ1v) is 5.46. The molecule has 0 aliphatic carbocycles. The third-order valence-corrected chi connectivity index (χ3v) is 2.99. The van der Waals surface area contributed by atoms with Crippen LogP contribution in [0.4, 0.5) is 5.69 Å². The minimum atomic E-state index is 0.0684. The molecule has 3 nitrogen and oxygen atoms in total. The van der Waals surface area contributed by atoms with E-state index in [1.807, 2.05) is 24.3 Å². The van der Waals surface area contributed by atoms with E-state index in [-0.39, 0.29) is 5.78 Å². The van der Waals surface area contributed by atoms with Gasteiger partial charge >= 0.3 is 0 Å². The van der Waals surface area contributed by atoms with E-state index in [0.29, 0.717) is 12.8 Å². The smallest absolute Gasteiger partial charge is 0.163 e. The highest BCUT2D eigenvalue weighted by molar-refractivity contribution is 5.97. The van der Waals surface area contributed by atoms with E-state index in [1.54, 1.807) is 0 Å². The van der Waals surface area contributed by atoms with E-state index in [9.17, 15) is 4.79 Å². The number of benzene rings is 1. The fraction of sp³-hybridized carbons (Fsp3) is 0.385. The number of carbonyl (C=O) groups excluding carboxylic acids is 1. The number of rotatable bonds is 3. The Labute approximate surface area is 95.3 Å². The lowest BCUT2D eigenvalue weighted by molar-refractivity contribution is 0.0984. The van der Waals surface area contributed by atoms with E-state index in [2.05, 4.69) is 11.9 Å². The summed E-state index contributed by atoms with van der Waals surface area (Å²) in [5.41, 5.74) is 3.20. The summed E-state index contributed by atoms with van der Waals surface area (Å²) in [6.07, 6.45) is 1.63.